The van der Waals surface area contributed by atoms with Gasteiger partial charge in [0.2, 0.25) is 11.8 Å². The molecule has 6 heteroatoms. The lowest BCUT2D eigenvalue weighted by molar-refractivity contribution is -0.145. The summed E-state index contributed by atoms with van der Waals surface area (Å²) in [6.45, 7) is 0.381. The van der Waals surface area contributed by atoms with Gasteiger partial charge in [-0.15, -0.1) is 0 Å². The zero-order valence-corrected chi connectivity index (χ0v) is 16.3. The monoisotopic (exact) mass is 383 g/mol. The number of likely N-dealkylation sites (N-methyl/N-ethyl adjacent to an activating group) is 1. The summed E-state index contributed by atoms with van der Waals surface area (Å²) < 4.78 is 13.9. The number of fused-ring (bicyclic) bond motifs is 1. The molecule has 0 unspecified atom stereocenters. The second-order valence-corrected chi connectivity index (χ2v) is 7.50. The molecule has 0 radical (unpaired) electrons. The predicted molar refractivity (Wildman–Crippen MR) is 106 cm³/mol. The number of benzene rings is 2. The van der Waals surface area contributed by atoms with E-state index in [2.05, 4.69) is 0 Å². The van der Waals surface area contributed by atoms with Crippen LogP contribution in [-0.4, -0.2) is 47.8 Å². The van der Waals surface area contributed by atoms with Crippen molar-refractivity contribution in [1.29, 1.82) is 0 Å². The van der Waals surface area contributed by atoms with Crippen molar-refractivity contribution in [2.75, 3.05) is 14.1 Å². The zero-order valence-electron chi connectivity index (χ0n) is 16.3. The number of hydrogen-bond donors (Lipinski definition) is 1. The van der Waals surface area contributed by atoms with Crippen LogP contribution < -0.4 is 5.73 Å². The minimum Gasteiger partial charge on any atom is -0.347 e. The van der Waals surface area contributed by atoms with Crippen molar-refractivity contribution in [3.8, 4) is 0 Å². The molecule has 0 fully saturated rings. The van der Waals surface area contributed by atoms with Gasteiger partial charge in [-0.05, 0) is 29.2 Å². The van der Waals surface area contributed by atoms with Gasteiger partial charge in [0.1, 0.15) is 11.9 Å². The van der Waals surface area contributed by atoms with E-state index >= 15 is 0 Å². The number of hydrogen-bond acceptors (Lipinski definition) is 3. The van der Waals surface area contributed by atoms with E-state index in [1.165, 1.54) is 11.0 Å². The lowest BCUT2D eigenvalue weighted by atomic mass is 9.92. The third kappa shape index (κ3) is 4.39. The molecule has 3 rings (SSSR count). The summed E-state index contributed by atoms with van der Waals surface area (Å²) in [7, 11) is 3.38. The molecule has 2 N–H and O–H groups in total. The van der Waals surface area contributed by atoms with Crippen molar-refractivity contribution in [1.82, 2.24) is 9.80 Å². The number of carbonyl (C=O) groups is 2. The van der Waals surface area contributed by atoms with Crippen molar-refractivity contribution in [2.45, 2.75) is 37.9 Å². The van der Waals surface area contributed by atoms with Gasteiger partial charge in [0.25, 0.3) is 0 Å². The van der Waals surface area contributed by atoms with E-state index < -0.39 is 12.1 Å². The fourth-order valence-electron chi connectivity index (χ4n) is 3.66. The van der Waals surface area contributed by atoms with Gasteiger partial charge in [-0.2, -0.15) is 0 Å². The molecule has 1 aliphatic heterocycles. The molecular formula is C22H26FN3O2. The van der Waals surface area contributed by atoms with Crippen LogP contribution in [0.15, 0.2) is 48.5 Å². The van der Waals surface area contributed by atoms with Gasteiger partial charge in [-0.25, -0.2) is 4.39 Å². The first-order valence-corrected chi connectivity index (χ1v) is 9.43. The summed E-state index contributed by atoms with van der Waals surface area (Å²) in [5, 5.41) is 0. The van der Waals surface area contributed by atoms with Crippen molar-refractivity contribution < 1.29 is 14.0 Å². The van der Waals surface area contributed by atoms with Gasteiger partial charge in [-0.3, -0.25) is 9.59 Å². The summed E-state index contributed by atoms with van der Waals surface area (Å²) >= 11 is 0. The fraction of sp³-hybridized carbons (Fsp3) is 0.364. The third-order valence-corrected chi connectivity index (χ3v) is 5.17. The van der Waals surface area contributed by atoms with Gasteiger partial charge in [0.15, 0.2) is 0 Å². The molecule has 0 aliphatic carbocycles. The van der Waals surface area contributed by atoms with Crippen molar-refractivity contribution >= 4 is 11.8 Å². The minimum absolute atomic E-state index is 0.0632. The molecule has 2 aromatic rings. The number of nitrogens with two attached hydrogens (primary N) is 1. The lowest BCUT2D eigenvalue weighted by Gasteiger charge is -2.37. The lowest BCUT2D eigenvalue weighted by Crippen LogP contribution is -2.53. The first-order valence-electron chi connectivity index (χ1n) is 9.43. The maximum absolute atomic E-state index is 13.9. The first-order chi connectivity index (χ1) is 13.4. The number of carbonyl (C=O) groups excluding carboxylic acids is 2. The largest absolute Gasteiger partial charge is 0.347 e. The molecule has 148 valence electrons. The average Bonchev–Trinajstić information content (AvgIpc) is 2.68. The molecule has 2 aromatic carbocycles. The molecule has 0 spiro atoms. The molecule has 1 aliphatic rings. The number of halogens is 1. The maximum atomic E-state index is 13.9. The summed E-state index contributed by atoms with van der Waals surface area (Å²) in [6, 6.07) is 13.2. The van der Waals surface area contributed by atoms with Gasteiger partial charge in [0, 0.05) is 39.5 Å². The van der Waals surface area contributed by atoms with Crippen LogP contribution in [0, 0.1) is 5.82 Å². The Balaban J connectivity index is 1.75. The maximum Gasteiger partial charge on any atom is 0.245 e. The molecule has 5 nitrogen and oxygen atoms in total. The summed E-state index contributed by atoms with van der Waals surface area (Å²) in [5.74, 6) is -0.609. The molecular weight excluding hydrogens is 357 g/mol. The van der Waals surface area contributed by atoms with Crippen molar-refractivity contribution in [2.24, 2.45) is 5.73 Å². The second kappa shape index (κ2) is 8.52. The number of nitrogens with zero attached hydrogens (tertiary/aromatic N) is 2. The molecule has 0 aromatic heterocycles. The molecule has 0 saturated carbocycles. The quantitative estimate of drug-likeness (QED) is 0.860. The van der Waals surface area contributed by atoms with Gasteiger partial charge >= 0.3 is 0 Å². The predicted octanol–water partition coefficient (Wildman–Crippen LogP) is 2.13. The SMILES string of the molecule is CN(C)C(=O)[C@@H]1Cc2ccccc2CN1C(=O)C[C@H](N)Cc1ccccc1F. The van der Waals surface area contributed by atoms with E-state index in [0.29, 0.717) is 18.5 Å². The van der Waals surface area contributed by atoms with E-state index in [1.54, 1.807) is 37.2 Å². The van der Waals surface area contributed by atoms with Crippen molar-refractivity contribution in [3.63, 3.8) is 0 Å². The smallest absolute Gasteiger partial charge is 0.245 e. The van der Waals surface area contributed by atoms with Gasteiger partial charge in [0.05, 0.1) is 0 Å². The summed E-state index contributed by atoms with van der Waals surface area (Å²) in [6.07, 6.45) is 0.824. The summed E-state index contributed by atoms with van der Waals surface area (Å²) in [4.78, 5) is 28.8. The Hall–Kier alpha value is -2.73. The van der Waals surface area contributed by atoms with Crippen LogP contribution in [0.5, 0.6) is 0 Å². The Morgan fingerprint density at radius 3 is 2.46 bits per heavy atom. The molecule has 0 saturated heterocycles. The van der Waals surface area contributed by atoms with E-state index in [4.69, 9.17) is 5.73 Å². The van der Waals surface area contributed by atoms with Crippen LogP contribution in [0.2, 0.25) is 0 Å². The first kappa shape index (κ1) is 20.0. The Morgan fingerprint density at radius 2 is 1.79 bits per heavy atom. The zero-order chi connectivity index (χ0) is 20.3. The third-order valence-electron chi connectivity index (χ3n) is 5.17. The summed E-state index contributed by atoms with van der Waals surface area (Å²) in [5.41, 5.74) is 8.77. The number of amides is 2. The highest BCUT2D eigenvalue weighted by atomic mass is 19.1. The standard InChI is InChI=1S/C22H26FN3O2/c1-25(2)22(28)20-12-15-7-3-4-9-17(15)14-26(20)21(27)13-18(24)11-16-8-5-6-10-19(16)23/h3-10,18,20H,11-14,24H2,1-2H3/t18-,20+/m1/s1. The highest BCUT2D eigenvalue weighted by Gasteiger charge is 2.35. The average molecular weight is 383 g/mol. The Bertz CT molecular complexity index is 868. The highest BCUT2D eigenvalue weighted by Crippen LogP contribution is 2.25. The van der Waals surface area contributed by atoms with E-state index in [0.717, 1.165) is 11.1 Å². The van der Waals surface area contributed by atoms with E-state index in [9.17, 15) is 14.0 Å². The van der Waals surface area contributed by atoms with Crippen LogP contribution in [0.4, 0.5) is 4.39 Å². The normalized spacial score (nSPS) is 17.0. The van der Waals surface area contributed by atoms with Crippen LogP contribution >= 0.6 is 0 Å². The molecule has 0 bridgehead atoms. The van der Waals surface area contributed by atoms with Crippen LogP contribution in [-0.2, 0) is 29.0 Å². The molecule has 2 atom stereocenters. The molecule has 1 heterocycles. The van der Waals surface area contributed by atoms with Crippen LogP contribution in [0.3, 0.4) is 0 Å². The molecule has 2 amide bonds. The topological polar surface area (TPSA) is 66.6 Å². The van der Waals surface area contributed by atoms with E-state index in [1.807, 2.05) is 24.3 Å². The van der Waals surface area contributed by atoms with Gasteiger partial charge in [-0.1, -0.05) is 42.5 Å². The fourth-order valence-corrected chi connectivity index (χ4v) is 3.66. The Morgan fingerprint density at radius 1 is 1.14 bits per heavy atom. The van der Waals surface area contributed by atoms with Gasteiger partial charge < -0.3 is 15.5 Å². The Kier molecular flexibility index (Phi) is 6.09. The molecule has 28 heavy (non-hydrogen) atoms. The number of rotatable bonds is 5. The Labute approximate surface area is 164 Å². The van der Waals surface area contributed by atoms with Crippen LogP contribution in [0.25, 0.3) is 0 Å². The highest BCUT2D eigenvalue weighted by molar-refractivity contribution is 5.88. The van der Waals surface area contributed by atoms with Crippen molar-refractivity contribution in [3.05, 3.63) is 71.0 Å². The van der Waals surface area contributed by atoms with E-state index in [-0.39, 0.29) is 30.5 Å². The minimum atomic E-state index is -0.543. The second-order valence-electron chi connectivity index (χ2n) is 7.50. The van der Waals surface area contributed by atoms with Crippen LogP contribution in [0.1, 0.15) is 23.1 Å².